The number of rotatable bonds is 37. The van der Waals surface area contributed by atoms with Gasteiger partial charge in [0.1, 0.15) is 54.1 Å². The third kappa shape index (κ3) is 23.1. The molecule has 81 heavy (non-hydrogen) atoms. The van der Waals surface area contributed by atoms with E-state index in [0.717, 1.165) is 19.1 Å². The summed E-state index contributed by atoms with van der Waals surface area (Å²) in [4.78, 5) is 204. The monoisotopic (exact) mass is 1160 g/mol. The molecule has 0 bridgehead atoms. The van der Waals surface area contributed by atoms with Crippen molar-refractivity contribution >= 4 is 94.9 Å². The molecule has 0 fully saturated rings. The summed E-state index contributed by atoms with van der Waals surface area (Å²) >= 11 is 0. The van der Waals surface area contributed by atoms with Crippen LogP contribution in [0.5, 0.6) is 5.75 Å². The van der Waals surface area contributed by atoms with Crippen LogP contribution >= 0.6 is 0 Å². The van der Waals surface area contributed by atoms with Gasteiger partial charge in [0.15, 0.2) is 17.8 Å². The fourth-order valence-corrected chi connectivity index (χ4v) is 7.13. The summed E-state index contributed by atoms with van der Waals surface area (Å²) in [5, 5.41) is 104. The quantitative estimate of drug-likeness (QED) is 0.0275. The zero-order chi connectivity index (χ0) is 62.2. The third-order valence-corrected chi connectivity index (χ3v) is 12.0. The SMILES string of the molecule is CC[C@H](C)[C@H](NC(=O)[C@H](C)NC(=O)[C@H](CC(C(=O)O)C(=O)O)NC(=O)[C@H](CO)NC(=O)[C@H](Cc1ccc(O)cc1)NC(=O)[C@H](CC(C(=O)O)C(=O)O)NC(=O)[C@H](CC(C(=O)O)C(=O)O)NC(=O)[C@H](CCC(=O)O)NC(=O)CN)C(N)=O. The molecule has 0 aliphatic carbocycles. The highest BCUT2D eigenvalue weighted by atomic mass is 16.4. The number of aliphatic hydroxyl groups is 1. The van der Waals surface area contributed by atoms with Crippen molar-refractivity contribution in [3.8, 4) is 5.75 Å². The molecule has 0 aliphatic heterocycles. The van der Waals surface area contributed by atoms with Gasteiger partial charge in [-0.15, -0.1) is 0 Å². The lowest BCUT2D eigenvalue weighted by Gasteiger charge is -2.28. The number of carbonyl (C=O) groups is 16. The summed E-state index contributed by atoms with van der Waals surface area (Å²) in [5.74, 6) is -35.1. The number of hydrogen-bond acceptors (Lipinski definition) is 19. The lowest BCUT2D eigenvalue weighted by atomic mass is 9.96. The van der Waals surface area contributed by atoms with Gasteiger partial charge in [0, 0.05) is 32.1 Å². The van der Waals surface area contributed by atoms with E-state index in [2.05, 4.69) is 16.0 Å². The van der Waals surface area contributed by atoms with Crippen LogP contribution in [0.3, 0.4) is 0 Å². The smallest absolute Gasteiger partial charge is 0.317 e. The molecule has 0 radical (unpaired) electrons. The van der Waals surface area contributed by atoms with Crippen molar-refractivity contribution in [2.24, 2.45) is 35.1 Å². The molecule has 0 spiro atoms. The van der Waals surface area contributed by atoms with E-state index in [1.165, 1.54) is 12.1 Å². The molecule has 0 aromatic heterocycles. The number of phenolic OH excluding ortho intramolecular Hbond substituents is 1. The van der Waals surface area contributed by atoms with Crippen LogP contribution in [0, 0.1) is 23.7 Å². The Hall–Kier alpha value is -9.54. The molecule has 35 heteroatoms. The number of carbonyl (C=O) groups excluding carboxylic acids is 9. The van der Waals surface area contributed by atoms with E-state index >= 15 is 0 Å². The molecule has 1 aromatic carbocycles. The topological polar surface area (TPSA) is 603 Å². The van der Waals surface area contributed by atoms with Gasteiger partial charge >= 0.3 is 41.8 Å². The number of aliphatic carboxylic acids is 7. The van der Waals surface area contributed by atoms with Gasteiger partial charge in [-0.3, -0.25) is 76.7 Å². The van der Waals surface area contributed by atoms with Gasteiger partial charge < -0.3 is 100.0 Å². The second-order valence-electron chi connectivity index (χ2n) is 18.0. The largest absolute Gasteiger partial charge is 0.508 e. The van der Waals surface area contributed by atoms with Crippen LogP contribution in [0.2, 0.25) is 0 Å². The van der Waals surface area contributed by atoms with Crippen molar-refractivity contribution in [3.63, 3.8) is 0 Å². The Kier molecular flexibility index (Phi) is 28.3. The summed E-state index contributed by atoms with van der Waals surface area (Å²) in [7, 11) is 0. The number of aliphatic hydroxyl groups excluding tert-OH is 1. The minimum Gasteiger partial charge on any atom is -0.508 e. The molecule has 0 aliphatic rings. The summed E-state index contributed by atoms with van der Waals surface area (Å²) < 4.78 is 0. The lowest BCUT2D eigenvalue weighted by molar-refractivity contribution is -0.158. The highest BCUT2D eigenvalue weighted by molar-refractivity contribution is 6.01. The van der Waals surface area contributed by atoms with Gasteiger partial charge in [-0.25, -0.2) is 0 Å². The number of benzene rings is 1. The van der Waals surface area contributed by atoms with Crippen molar-refractivity contribution < 1.29 is 123 Å². The molecule has 448 valence electrons. The molecule has 21 N–H and O–H groups in total. The lowest BCUT2D eigenvalue weighted by Crippen LogP contribution is -2.61. The average molecular weight is 1160 g/mol. The van der Waals surface area contributed by atoms with Gasteiger partial charge in [0.05, 0.1) is 13.2 Å². The number of phenols is 1. The van der Waals surface area contributed by atoms with Gasteiger partial charge in [0.25, 0.3) is 0 Å². The number of primary amides is 1. The predicted molar refractivity (Wildman–Crippen MR) is 265 cm³/mol. The Balaban J connectivity index is 3.90. The number of carboxylic acid groups (broad SMARTS) is 7. The van der Waals surface area contributed by atoms with E-state index in [0.29, 0.717) is 6.42 Å². The van der Waals surface area contributed by atoms with Crippen molar-refractivity contribution in [2.75, 3.05) is 13.2 Å². The van der Waals surface area contributed by atoms with Crippen molar-refractivity contribution in [1.29, 1.82) is 0 Å². The first-order valence-electron chi connectivity index (χ1n) is 24.1. The molecule has 35 nitrogen and oxygen atoms in total. The van der Waals surface area contributed by atoms with Crippen LogP contribution in [-0.4, -0.2) is 202 Å². The molecule has 1 rings (SSSR count). The number of carboxylic acids is 7. The third-order valence-electron chi connectivity index (χ3n) is 12.0. The van der Waals surface area contributed by atoms with E-state index in [9.17, 15) is 123 Å². The van der Waals surface area contributed by atoms with Crippen LogP contribution in [0.4, 0.5) is 0 Å². The van der Waals surface area contributed by atoms with E-state index in [-0.39, 0.29) is 11.3 Å². The van der Waals surface area contributed by atoms with Gasteiger partial charge in [-0.2, -0.15) is 0 Å². The molecular weight excluding hydrogens is 1090 g/mol. The van der Waals surface area contributed by atoms with E-state index in [1.54, 1.807) is 13.8 Å². The number of nitrogens with one attached hydrogen (secondary N) is 8. The van der Waals surface area contributed by atoms with E-state index < -0.39 is 219 Å². The van der Waals surface area contributed by atoms with Gasteiger partial charge in [0.2, 0.25) is 53.2 Å². The summed E-state index contributed by atoms with van der Waals surface area (Å²) in [6.45, 7) is 2.11. The number of nitrogens with two attached hydrogens (primary N) is 2. The minimum atomic E-state index is -2.63. The Bertz CT molecular complexity index is 2500. The zero-order valence-electron chi connectivity index (χ0n) is 43.3. The first-order valence-corrected chi connectivity index (χ1v) is 24.1. The number of aromatic hydroxyl groups is 1. The highest BCUT2D eigenvalue weighted by Crippen LogP contribution is 2.17. The van der Waals surface area contributed by atoms with Crippen LogP contribution in [0.15, 0.2) is 24.3 Å². The molecular formula is C46H64N10O25. The second kappa shape index (κ2) is 33.0. The van der Waals surface area contributed by atoms with Crippen molar-refractivity contribution in [1.82, 2.24) is 42.5 Å². The summed E-state index contributed by atoms with van der Waals surface area (Å²) in [6, 6.07) is -11.8. The zero-order valence-corrected chi connectivity index (χ0v) is 43.3. The molecule has 0 heterocycles. The van der Waals surface area contributed by atoms with Crippen molar-refractivity contribution in [2.45, 2.75) is 114 Å². The Morgan fingerprint density at radius 2 is 0.840 bits per heavy atom. The van der Waals surface area contributed by atoms with Crippen LogP contribution in [0.25, 0.3) is 0 Å². The fraction of sp³-hybridized carbons (Fsp3) is 0.522. The summed E-state index contributed by atoms with van der Waals surface area (Å²) in [6.07, 6.45) is -6.06. The Morgan fingerprint density at radius 3 is 1.20 bits per heavy atom. The maximum absolute atomic E-state index is 14.3. The van der Waals surface area contributed by atoms with Crippen LogP contribution in [0.1, 0.15) is 64.9 Å². The molecule has 9 atom stereocenters. The van der Waals surface area contributed by atoms with Crippen LogP contribution < -0.4 is 54.0 Å². The van der Waals surface area contributed by atoms with Gasteiger partial charge in [-0.1, -0.05) is 32.4 Å². The average Bonchev–Trinajstić information content (AvgIpc) is 3.42. The Labute approximate surface area is 457 Å². The van der Waals surface area contributed by atoms with E-state index in [1.807, 2.05) is 26.6 Å². The normalized spacial score (nSPS) is 14.3. The van der Waals surface area contributed by atoms with Crippen molar-refractivity contribution in [3.05, 3.63) is 29.8 Å². The Morgan fingerprint density at radius 1 is 0.481 bits per heavy atom. The maximum atomic E-state index is 14.3. The second-order valence-corrected chi connectivity index (χ2v) is 18.0. The number of amides is 9. The first-order chi connectivity index (χ1) is 37.7. The molecule has 0 unspecified atom stereocenters. The molecule has 0 saturated heterocycles. The first kappa shape index (κ1) is 69.5. The summed E-state index contributed by atoms with van der Waals surface area (Å²) in [5.41, 5.74) is 10.7. The maximum Gasteiger partial charge on any atom is 0.317 e. The standard InChI is InChI=1S/C46H64N10O25/c1-4-17(2)32(33(48)62)56-34(63)18(3)49-36(65)26(12-21(41(70)71)42(72)73)54-40(69)29(16-57)55-37(66)25(11-19-5-7-20(58)8-6-19)51-38(67)28(14-23(45(78)79)46(80)81)53-39(68)27(13-22(43(74)75)44(76)77)52-35(64)24(9-10-31(60)61)50-30(59)15-47/h5-8,17-18,21-29,32,57-58H,4,9-16,47H2,1-3H3,(H2,48,62)(H,49,65)(H,50,59)(H,51,67)(H,52,64)(H,53,68)(H,54,69)(H,55,66)(H,56,63)(H,60,61)(H,70,71)(H,72,73)(H,74,75)(H,76,77)(H,78,79)(H,80,81)/t17-,18-,24-,25-,26-,27-,28-,29-,32-/m0/s1. The molecule has 1 aromatic rings. The highest BCUT2D eigenvalue weighted by Gasteiger charge is 2.41. The fourth-order valence-electron chi connectivity index (χ4n) is 7.13. The van der Waals surface area contributed by atoms with E-state index in [4.69, 9.17) is 11.5 Å². The molecule has 9 amide bonds. The van der Waals surface area contributed by atoms with Gasteiger partial charge in [-0.05, 0) is 37.0 Å². The van der Waals surface area contributed by atoms with Crippen LogP contribution in [-0.2, 0) is 83.1 Å². The minimum absolute atomic E-state index is 0.0395. The predicted octanol–water partition coefficient (Wildman–Crippen LogP) is -7.29. The number of hydrogen-bond donors (Lipinski definition) is 19. The molecule has 0 saturated carbocycles.